The van der Waals surface area contributed by atoms with E-state index in [1.807, 2.05) is 19.2 Å². The molecule has 4 heteroatoms. The second-order valence-electron chi connectivity index (χ2n) is 2.22. The molecule has 0 bridgehead atoms. The normalized spacial score (nSPS) is 13.4. The monoisotopic (exact) mass is 190 g/mol. The quantitative estimate of drug-likeness (QED) is 0.761. The van der Waals surface area contributed by atoms with E-state index in [1.54, 1.807) is 11.3 Å². The van der Waals surface area contributed by atoms with Crippen LogP contribution in [0.3, 0.4) is 0 Å². The second kappa shape index (κ2) is 4.07. The Morgan fingerprint density at radius 2 is 2.45 bits per heavy atom. The number of likely N-dealkylation sites (N-methyl/N-ethyl adjacent to an activating group) is 1. The maximum Gasteiger partial charge on any atom is 0.0931 e. The third kappa shape index (κ3) is 2.17. The van der Waals surface area contributed by atoms with Gasteiger partial charge < -0.3 is 11.1 Å². The number of nitrogens with one attached hydrogen (secondary N) is 1. The third-order valence-electron chi connectivity index (χ3n) is 1.52. The van der Waals surface area contributed by atoms with E-state index in [0.717, 1.165) is 4.34 Å². The summed E-state index contributed by atoms with van der Waals surface area (Å²) in [5.74, 6) is 0. The number of thiophene rings is 1. The van der Waals surface area contributed by atoms with Gasteiger partial charge in [-0.3, -0.25) is 0 Å². The lowest BCUT2D eigenvalue weighted by Gasteiger charge is -2.09. The van der Waals surface area contributed by atoms with Gasteiger partial charge in [-0.2, -0.15) is 0 Å². The van der Waals surface area contributed by atoms with Crippen molar-refractivity contribution in [3.63, 3.8) is 0 Å². The predicted octanol–water partition coefficient (Wildman–Crippen LogP) is 1.62. The molecule has 0 aromatic carbocycles. The van der Waals surface area contributed by atoms with Gasteiger partial charge in [-0.05, 0) is 19.2 Å². The van der Waals surface area contributed by atoms with Crippen molar-refractivity contribution >= 4 is 22.9 Å². The fraction of sp³-hybridized carbons (Fsp3) is 0.429. The first-order valence-corrected chi connectivity index (χ1v) is 4.60. The minimum atomic E-state index is 0.243. The summed E-state index contributed by atoms with van der Waals surface area (Å²) in [6, 6.07) is 4.13. The van der Waals surface area contributed by atoms with Gasteiger partial charge in [0.2, 0.25) is 0 Å². The Kier molecular flexibility index (Phi) is 3.33. The summed E-state index contributed by atoms with van der Waals surface area (Å²) < 4.78 is 0.814. The van der Waals surface area contributed by atoms with Crippen LogP contribution >= 0.6 is 22.9 Å². The van der Waals surface area contributed by atoms with E-state index >= 15 is 0 Å². The smallest absolute Gasteiger partial charge is 0.0931 e. The van der Waals surface area contributed by atoms with Crippen LogP contribution in [0.5, 0.6) is 0 Å². The first-order valence-electron chi connectivity index (χ1n) is 3.40. The SMILES string of the molecule is CNC(CN)c1ccc(Cl)s1. The van der Waals surface area contributed by atoms with Crippen molar-refractivity contribution < 1.29 is 0 Å². The molecule has 1 aromatic rings. The molecule has 2 nitrogen and oxygen atoms in total. The minimum Gasteiger partial charge on any atom is -0.329 e. The van der Waals surface area contributed by atoms with Gasteiger partial charge in [0.25, 0.3) is 0 Å². The maximum absolute atomic E-state index is 5.77. The highest BCUT2D eigenvalue weighted by atomic mass is 35.5. The molecule has 0 aliphatic heterocycles. The van der Waals surface area contributed by atoms with Crippen LogP contribution in [0.15, 0.2) is 12.1 Å². The molecule has 11 heavy (non-hydrogen) atoms. The molecule has 0 aliphatic carbocycles. The van der Waals surface area contributed by atoms with Crippen LogP contribution in [0, 0.1) is 0 Å². The molecule has 0 amide bonds. The summed E-state index contributed by atoms with van der Waals surface area (Å²) in [6.07, 6.45) is 0. The Hall–Kier alpha value is -0.0900. The van der Waals surface area contributed by atoms with Crippen LogP contribution in [0.1, 0.15) is 10.9 Å². The molecule has 0 spiro atoms. The largest absolute Gasteiger partial charge is 0.329 e. The van der Waals surface area contributed by atoms with Gasteiger partial charge in [0.1, 0.15) is 0 Å². The van der Waals surface area contributed by atoms with Gasteiger partial charge in [-0.15, -0.1) is 11.3 Å². The topological polar surface area (TPSA) is 38.0 Å². The van der Waals surface area contributed by atoms with Crippen LogP contribution < -0.4 is 11.1 Å². The van der Waals surface area contributed by atoms with Crippen LogP contribution in [-0.2, 0) is 0 Å². The minimum absolute atomic E-state index is 0.243. The van der Waals surface area contributed by atoms with Crippen molar-refractivity contribution in [2.75, 3.05) is 13.6 Å². The van der Waals surface area contributed by atoms with Gasteiger partial charge >= 0.3 is 0 Å². The first-order chi connectivity index (χ1) is 5.27. The van der Waals surface area contributed by atoms with Crippen molar-refractivity contribution in [3.05, 3.63) is 21.3 Å². The molecule has 3 N–H and O–H groups in total. The number of hydrogen-bond acceptors (Lipinski definition) is 3. The number of nitrogens with two attached hydrogens (primary N) is 1. The fourth-order valence-corrected chi connectivity index (χ4v) is 2.08. The summed E-state index contributed by atoms with van der Waals surface area (Å²) in [7, 11) is 1.89. The van der Waals surface area contributed by atoms with E-state index in [2.05, 4.69) is 5.32 Å². The highest BCUT2D eigenvalue weighted by Gasteiger charge is 2.08. The van der Waals surface area contributed by atoms with E-state index in [1.165, 1.54) is 4.88 Å². The zero-order valence-electron chi connectivity index (χ0n) is 6.30. The molecule has 0 radical (unpaired) electrons. The average Bonchev–Trinajstić information content (AvgIpc) is 2.39. The summed E-state index contributed by atoms with van der Waals surface area (Å²) >= 11 is 7.34. The molecule has 1 aromatic heterocycles. The van der Waals surface area contributed by atoms with Gasteiger partial charge in [0.05, 0.1) is 10.4 Å². The second-order valence-corrected chi connectivity index (χ2v) is 3.97. The lowest BCUT2D eigenvalue weighted by Crippen LogP contribution is -2.23. The lowest BCUT2D eigenvalue weighted by molar-refractivity contribution is 0.616. The first kappa shape index (κ1) is 9.00. The van der Waals surface area contributed by atoms with Gasteiger partial charge in [-0.25, -0.2) is 0 Å². The molecule has 0 saturated heterocycles. The Morgan fingerprint density at radius 3 is 2.82 bits per heavy atom. The van der Waals surface area contributed by atoms with Crippen molar-refractivity contribution in [2.45, 2.75) is 6.04 Å². The summed E-state index contributed by atoms with van der Waals surface area (Å²) in [6.45, 7) is 0.605. The van der Waals surface area contributed by atoms with E-state index < -0.39 is 0 Å². The highest BCUT2D eigenvalue weighted by molar-refractivity contribution is 7.16. The van der Waals surface area contributed by atoms with Crippen molar-refractivity contribution in [1.82, 2.24) is 5.32 Å². The van der Waals surface area contributed by atoms with Gasteiger partial charge in [-0.1, -0.05) is 11.6 Å². The van der Waals surface area contributed by atoms with Crippen LogP contribution in [0.4, 0.5) is 0 Å². The van der Waals surface area contributed by atoms with Crippen LogP contribution in [-0.4, -0.2) is 13.6 Å². The zero-order chi connectivity index (χ0) is 8.27. The molecule has 1 rings (SSSR count). The summed E-state index contributed by atoms with van der Waals surface area (Å²) in [5.41, 5.74) is 5.53. The van der Waals surface area contributed by atoms with Crippen molar-refractivity contribution in [2.24, 2.45) is 5.73 Å². The fourth-order valence-electron chi connectivity index (χ4n) is 0.892. The lowest BCUT2D eigenvalue weighted by atomic mass is 10.2. The number of rotatable bonds is 3. The standard InChI is InChI=1S/C7H11ClN2S/c1-10-5(4-9)6-2-3-7(8)11-6/h2-3,5,10H,4,9H2,1H3. The van der Waals surface area contributed by atoms with E-state index in [0.29, 0.717) is 6.54 Å². The summed E-state index contributed by atoms with van der Waals surface area (Å²) in [4.78, 5) is 1.19. The highest BCUT2D eigenvalue weighted by Crippen LogP contribution is 2.25. The zero-order valence-corrected chi connectivity index (χ0v) is 7.88. The Balaban J connectivity index is 2.73. The van der Waals surface area contributed by atoms with Crippen molar-refractivity contribution in [1.29, 1.82) is 0 Å². The molecule has 62 valence electrons. The Labute approximate surface area is 75.4 Å². The van der Waals surface area contributed by atoms with Crippen LogP contribution in [0.25, 0.3) is 0 Å². The van der Waals surface area contributed by atoms with E-state index in [4.69, 9.17) is 17.3 Å². The van der Waals surface area contributed by atoms with Gasteiger partial charge in [0.15, 0.2) is 0 Å². The molecule has 1 atom stereocenters. The van der Waals surface area contributed by atoms with Gasteiger partial charge in [0, 0.05) is 11.4 Å². The van der Waals surface area contributed by atoms with E-state index in [-0.39, 0.29) is 6.04 Å². The van der Waals surface area contributed by atoms with Crippen LogP contribution in [0.2, 0.25) is 4.34 Å². The summed E-state index contributed by atoms with van der Waals surface area (Å²) in [5, 5.41) is 3.11. The predicted molar refractivity (Wildman–Crippen MR) is 50.2 cm³/mol. The molecular weight excluding hydrogens is 180 g/mol. The molecule has 0 aliphatic rings. The Bertz CT molecular complexity index is 220. The molecule has 1 heterocycles. The third-order valence-corrected chi connectivity index (χ3v) is 2.87. The Morgan fingerprint density at radius 1 is 1.73 bits per heavy atom. The number of halogens is 1. The molecule has 0 fully saturated rings. The molecule has 1 unspecified atom stereocenters. The van der Waals surface area contributed by atoms with Crippen molar-refractivity contribution in [3.8, 4) is 0 Å². The molecular formula is C7H11ClN2S. The maximum atomic E-state index is 5.77. The van der Waals surface area contributed by atoms with E-state index in [9.17, 15) is 0 Å². The number of hydrogen-bond donors (Lipinski definition) is 2. The molecule has 0 saturated carbocycles. The average molecular weight is 191 g/mol.